The van der Waals surface area contributed by atoms with Crippen molar-refractivity contribution in [2.24, 2.45) is 0 Å². The fraction of sp³-hybridized carbons (Fsp3) is 0.118. The van der Waals surface area contributed by atoms with E-state index in [1.54, 1.807) is 30.3 Å². The number of halogens is 2. The van der Waals surface area contributed by atoms with Crippen LogP contribution in [0, 0.1) is 11.3 Å². The summed E-state index contributed by atoms with van der Waals surface area (Å²) in [5, 5.41) is 10.2. The van der Waals surface area contributed by atoms with Gasteiger partial charge >= 0.3 is 0 Å². The lowest BCUT2D eigenvalue weighted by Crippen LogP contribution is -2.24. The molecule has 120 valence electrons. The van der Waals surface area contributed by atoms with Crippen LogP contribution < -0.4 is 11.3 Å². The van der Waals surface area contributed by atoms with Crippen LogP contribution >= 0.6 is 23.2 Å². The van der Waals surface area contributed by atoms with Crippen molar-refractivity contribution in [2.45, 2.75) is 13.0 Å². The summed E-state index contributed by atoms with van der Waals surface area (Å²) in [7, 11) is 0. The summed E-state index contributed by atoms with van der Waals surface area (Å²) >= 11 is 12.3. The van der Waals surface area contributed by atoms with E-state index in [9.17, 15) is 10.1 Å². The Bertz CT molecular complexity index is 1050. The number of nitrogen functional groups attached to an aromatic ring is 1. The first-order valence-electron chi connectivity index (χ1n) is 7.08. The maximum absolute atomic E-state index is 12.4. The van der Waals surface area contributed by atoms with Crippen molar-refractivity contribution in [2.75, 3.05) is 5.73 Å². The Balaban J connectivity index is 2.32. The van der Waals surface area contributed by atoms with Gasteiger partial charge in [0.15, 0.2) is 0 Å². The van der Waals surface area contributed by atoms with E-state index in [2.05, 4.69) is 4.98 Å². The van der Waals surface area contributed by atoms with Gasteiger partial charge in [-0.2, -0.15) is 5.26 Å². The zero-order valence-corrected chi connectivity index (χ0v) is 14.1. The molecule has 0 bridgehead atoms. The quantitative estimate of drug-likeness (QED) is 0.706. The van der Waals surface area contributed by atoms with Gasteiger partial charge < -0.3 is 5.73 Å². The van der Waals surface area contributed by atoms with Crippen LogP contribution in [0.4, 0.5) is 5.69 Å². The van der Waals surface area contributed by atoms with Gasteiger partial charge in [0.1, 0.15) is 6.07 Å². The largest absolute Gasteiger partial charge is 0.398 e. The number of benzene rings is 2. The van der Waals surface area contributed by atoms with Gasteiger partial charge in [0.05, 0.1) is 34.5 Å². The van der Waals surface area contributed by atoms with Gasteiger partial charge in [-0.3, -0.25) is 9.36 Å². The van der Waals surface area contributed by atoms with Crippen LogP contribution in [0.15, 0.2) is 41.3 Å². The number of nitrogens with zero attached hydrogens (tertiary/aromatic N) is 3. The van der Waals surface area contributed by atoms with E-state index in [1.807, 2.05) is 13.0 Å². The lowest BCUT2D eigenvalue weighted by molar-refractivity contribution is 0.635. The molecule has 0 amide bonds. The van der Waals surface area contributed by atoms with Crippen LogP contribution in [-0.2, 0) is 0 Å². The third kappa shape index (κ3) is 2.71. The molecule has 5 nitrogen and oxygen atoms in total. The molecule has 1 aromatic heterocycles. The van der Waals surface area contributed by atoms with Crippen molar-refractivity contribution in [1.82, 2.24) is 9.55 Å². The molecule has 0 aliphatic heterocycles. The Labute approximate surface area is 147 Å². The van der Waals surface area contributed by atoms with E-state index in [0.717, 1.165) is 0 Å². The van der Waals surface area contributed by atoms with Crippen molar-refractivity contribution in [1.29, 1.82) is 5.26 Å². The number of hydrogen-bond acceptors (Lipinski definition) is 4. The third-order valence-corrected chi connectivity index (χ3v) is 4.45. The summed E-state index contributed by atoms with van der Waals surface area (Å²) in [6.07, 6.45) is 1.22. The Morgan fingerprint density at radius 2 is 2.04 bits per heavy atom. The highest BCUT2D eigenvalue weighted by atomic mass is 35.5. The lowest BCUT2D eigenvalue weighted by Gasteiger charge is -2.19. The number of anilines is 1. The molecule has 3 rings (SSSR count). The molecule has 0 radical (unpaired) electrons. The monoisotopic (exact) mass is 358 g/mol. The fourth-order valence-corrected chi connectivity index (χ4v) is 3.12. The first kappa shape index (κ1) is 16.3. The second-order valence-electron chi connectivity index (χ2n) is 5.35. The van der Waals surface area contributed by atoms with E-state index in [4.69, 9.17) is 28.9 Å². The summed E-state index contributed by atoms with van der Waals surface area (Å²) < 4.78 is 1.53. The zero-order chi connectivity index (χ0) is 17.4. The smallest absolute Gasteiger partial charge is 0.270 e. The third-order valence-electron chi connectivity index (χ3n) is 3.87. The molecule has 0 aliphatic carbocycles. The molecule has 2 N–H and O–H groups in total. The number of rotatable bonds is 2. The fourth-order valence-electron chi connectivity index (χ4n) is 2.67. The Morgan fingerprint density at radius 3 is 2.75 bits per heavy atom. The van der Waals surface area contributed by atoms with E-state index >= 15 is 0 Å². The van der Waals surface area contributed by atoms with E-state index < -0.39 is 6.04 Å². The van der Waals surface area contributed by atoms with Crippen LogP contribution in [0.3, 0.4) is 0 Å². The summed E-state index contributed by atoms with van der Waals surface area (Å²) in [5.41, 5.74) is 7.86. The van der Waals surface area contributed by atoms with Crippen molar-refractivity contribution < 1.29 is 0 Å². The highest BCUT2D eigenvalue weighted by molar-refractivity contribution is 6.33. The molecule has 24 heavy (non-hydrogen) atoms. The minimum atomic E-state index is -0.399. The predicted molar refractivity (Wildman–Crippen MR) is 95.4 cm³/mol. The standard InChI is InChI=1S/C17H12Cl2N4O/c1-9(12-5-11(18)2-3-13(12)19)23-16-4-10(7-20)14(21)6-15(16)22-8-17(23)24/h2-6,8-9H,21H2,1H3/t9-/m0/s1. The highest BCUT2D eigenvalue weighted by Gasteiger charge is 2.17. The minimum absolute atomic E-state index is 0.285. The van der Waals surface area contributed by atoms with Crippen LogP contribution in [0.1, 0.15) is 24.1 Å². The number of fused-ring (bicyclic) bond motifs is 1. The van der Waals surface area contributed by atoms with E-state index in [1.165, 1.54) is 10.8 Å². The zero-order valence-electron chi connectivity index (χ0n) is 12.6. The molecule has 7 heteroatoms. The summed E-state index contributed by atoms with van der Waals surface area (Å²) in [4.78, 5) is 16.6. The number of aromatic nitrogens is 2. The second-order valence-corrected chi connectivity index (χ2v) is 6.19. The van der Waals surface area contributed by atoms with Crippen molar-refractivity contribution >= 4 is 39.9 Å². The topological polar surface area (TPSA) is 84.7 Å². The van der Waals surface area contributed by atoms with Crippen LogP contribution in [0.2, 0.25) is 10.0 Å². The molecule has 0 fully saturated rings. The molecule has 0 aliphatic rings. The molecular weight excluding hydrogens is 347 g/mol. The first-order chi connectivity index (χ1) is 11.4. The molecule has 0 saturated carbocycles. The molecule has 1 heterocycles. The van der Waals surface area contributed by atoms with Gasteiger partial charge in [-0.25, -0.2) is 4.98 Å². The van der Waals surface area contributed by atoms with Gasteiger partial charge in [0.2, 0.25) is 0 Å². The molecule has 3 aromatic rings. The van der Waals surface area contributed by atoms with Gasteiger partial charge in [-0.15, -0.1) is 0 Å². The van der Waals surface area contributed by atoms with Crippen molar-refractivity contribution in [3.63, 3.8) is 0 Å². The van der Waals surface area contributed by atoms with Gasteiger partial charge in [-0.1, -0.05) is 23.2 Å². The molecule has 2 aromatic carbocycles. The average Bonchev–Trinajstić information content (AvgIpc) is 2.56. The first-order valence-corrected chi connectivity index (χ1v) is 7.83. The van der Waals surface area contributed by atoms with Crippen molar-refractivity contribution in [3.05, 3.63) is 68.1 Å². The molecule has 0 saturated heterocycles. The van der Waals surface area contributed by atoms with Crippen LogP contribution in [0.5, 0.6) is 0 Å². The molecule has 0 unspecified atom stereocenters. The number of hydrogen-bond donors (Lipinski definition) is 1. The van der Waals surface area contributed by atoms with Crippen molar-refractivity contribution in [3.8, 4) is 6.07 Å². The van der Waals surface area contributed by atoms with Gasteiger partial charge in [0, 0.05) is 10.0 Å². The Morgan fingerprint density at radius 1 is 1.29 bits per heavy atom. The van der Waals surface area contributed by atoms with Gasteiger partial charge in [-0.05, 0) is 42.8 Å². The lowest BCUT2D eigenvalue weighted by atomic mass is 10.1. The number of nitriles is 1. The predicted octanol–water partition coefficient (Wildman–Crippen LogP) is 3.77. The summed E-state index contributed by atoms with van der Waals surface area (Å²) in [6, 6.07) is 9.85. The maximum atomic E-state index is 12.4. The van der Waals surface area contributed by atoms with E-state index in [-0.39, 0.29) is 11.1 Å². The highest BCUT2D eigenvalue weighted by Crippen LogP contribution is 2.30. The minimum Gasteiger partial charge on any atom is -0.398 e. The Hall–Kier alpha value is -2.55. The summed E-state index contributed by atoms with van der Waals surface area (Å²) in [5.74, 6) is 0. The van der Waals surface area contributed by atoms with Crippen LogP contribution in [-0.4, -0.2) is 9.55 Å². The maximum Gasteiger partial charge on any atom is 0.270 e. The molecule has 0 spiro atoms. The average molecular weight is 359 g/mol. The van der Waals surface area contributed by atoms with Gasteiger partial charge in [0.25, 0.3) is 5.56 Å². The van der Waals surface area contributed by atoms with E-state index in [0.29, 0.717) is 32.3 Å². The molecular formula is C17H12Cl2N4O. The Kier molecular flexibility index (Phi) is 4.18. The summed E-state index contributed by atoms with van der Waals surface area (Å²) in [6.45, 7) is 1.83. The normalized spacial score (nSPS) is 12.1. The van der Waals surface area contributed by atoms with Crippen LogP contribution in [0.25, 0.3) is 11.0 Å². The molecule has 1 atom stereocenters. The SMILES string of the molecule is C[C@@H](c1cc(Cl)ccc1Cl)n1c(=O)cnc2cc(N)c(C#N)cc21. The second kappa shape index (κ2) is 6.16. The number of nitrogens with two attached hydrogens (primary N) is 1.